The third-order valence-electron chi connectivity index (χ3n) is 1.04. The van der Waals surface area contributed by atoms with Crippen LogP contribution in [-0.2, 0) is 9.53 Å². The van der Waals surface area contributed by atoms with E-state index in [9.17, 15) is 4.79 Å². The van der Waals surface area contributed by atoms with E-state index >= 15 is 0 Å². The maximum atomic E-state index is 10.6. The van der Waals surface area contributed by atoms with Gasteiger partial charge in [-0.25, -0.2) is 0 Å². The molecule has 0 atom stereocenters. The van der Waals surface area contributed by atoms with Crippen molar-refractivity contribution >= 4 is 35.5 Å². The second kappa shape index (κ2) is 9.47. The van der Waals surface area contributed by atoms with E-state index in [1.165, 1.54) is 0 Å². The summed E-state index contributed by atoms with van der Waals surface area (Å²) in [4.78, 5) is 10.6. The second-order valence-electron chi connectivity index (χ2n) is 1.91. The quantitative estimate of drug-likeness (QED) is 0.447. The van der Waals surface area contributed by atoms with Crippen molar-refractivity contribution in [3.63, 3.8) is 0 Å². The minimum atomic E-state index is -0.0700. The van der Waals surface area contributed by atoms with Crippen LogP contribution in [0.15, 0.2) is 0 Å². The molecule has 2 nitrogen and oxygen atoms in total. The molecule has 0 aromatic carbocycles. The van der Waals surface area contributed by atoms with E-state index in [0.29, 0.717) is 13.0 Å². The van der Waals surface area contributed by atoms with Gasteiger partial charge < -0.3 is 4.74 Å². The predicted octanol–water partition coefficient (Wildman–Crippen LogP) is 1.09. The first-order valence-corrected chi connectivity index (χ1v) is 3.46. The van der Waals surface area contributed by atoms with Gasteiger partial charge in [-0.3, -0.25) is 4.79 Å². The van der Waals surface area contributed by atoms with Crippen molar-refractivity contribution in [2.75, 3.05) is 6.61 Å². The molecule has 0 radical (unpaired) electrons. The predicted molar refractivity (Wildman–Crippen MR) is 43.3 cm³/mol. The van der Waals surface area contributed by atoms with Crippen LogP contribution in [0, 0.1) is 0 Å². The van der Waals surface area contributed by atoms with Crippen LogP contribution in [0.25, 0.3) is 0 Å². The Hall–Kier alpha value is 0.470. The zero-order chi connectivity index (χ0) is 7.11. The SMILES string of the molecule is CCCCC(=O)OCC.[NaH]. The summed E-state index contributed by atoms with van der Waals surface area (Å²) in [5.74, 6) is -0.0700. The normalized spacial score (nSPS) is 8.20. The van der Waals surface area contributed by atoms with Crippen LogP contribution in [0.1, 0.15) is 33.1 Å². The number of carbonyl (C=O) groups excluding carboxylic acids is 1. The summed E-state index contributed by atoms with van der Waals surface area (Å²) in [5.41, 5.74) is 0. The van der Waals surface area contributed by atoms with Crippen LogP contribution in [0.3, 0.4) is 0 Å². The van der Waals surface area contributed by atoms with Gasteiger partial charge in [0.2, 0.25) is 0 Å². The van der Waals surface area contributed by atoms with Gasteiger partial charge in [-0.2, -0.15) is 0 Å². The van der Waals surface area contributed by atoms with Crippen LogP contribution in [0.2, 0.25) is 0 Å². The Morgan fingerprint density at radius 3 is 2.40 bits per heavy atom. The zero-order valence-corrected chi connectivity index (χ0v) is 6.14. The van der Waals surface area contributed by atoms with E-state index in [0.717, 1.165) is 12.8 Å². The van der Waals surface area contributed by atoms with Crippen molar-refractivity contribution in [3.8, 4) is 0 Å². The molecule has 0 amide bonds. The molecule has 0 N–H and O–H groups in total. The van der Waals surface area contributed by atoms with Gasteiger partial charge in [0.05, 0.1) is 6.61 Å². The topological polar surface area (TPSA) is 26.3 Å². The molecule has 0 unspecified atom stereocenters. The van der Waals surface area contributed by atoms with E-state index in [1.54, 1.807) is 0 Å². The Bertz CT molecular complexity index is 83.7. The Labute approximate surface area is 84.6 Å². The van der Waals surface area contributed by atoms with Crippen molar-refractivity contribution in [2.45, 2.75) is 33.1 Å². The first-order valence-electron chi connectivity index (χ1n) is 3.46. The number of unbranched alkanes of at least 4 members (excludes halogenated alkanes) is 1. The molecule has 0 saturated carbocycles. The summed E-state index contributed by atoms with van der Waals surface area (Å²) in [7, 11) is 0. The molecule has 0 aromatic rings. The fourth-order valence-electron chi connectivity index (χ4n) is 0.554. The van der Waals surface area contributed by atoms with Gasteiger partial charge in [0.1, 0.15) is 0 Å². The van der Waals surface area contributed by atoms with Crippen molar-refractivity contribution in [1.82, 2.24) is 0 Å². The molecule has 56 valence electrons. The van der Waals surface area contributed by atoms with Gasteiger partial charge in [-0.05, 0) is 13.3 Å². The number of carbonyl (C=O) groups is 1. The molecule has 10 heavy (non-hydrogen) atoms. The summed E-state index contributed by atoms with van der Waals surface area (Å²) < 4.78 is 4.70. The fraction of sp³-hybridized carbons (Fsp3) is 0.857. The molecular weight excluding hydrogens is 139 g/mol. The second-order valence-corrected chi connectivity index (χ2v) is 1.91. The zero-order valence-electron chi connectivity index (χ0n) is 6.14. The van der Waals surface area contributed by atoms with E-state index in [1.807, 2.05) is 6.92 Å². The van der Waals surface area contributed by atoms with Crippen molar-refractivity contribution in [1.29, 1.82) is 0 Å². The summed E-state index contributed by atoms with van der Waals surface area (Å²) in [6.45, 7) is 4.38. The molecule has 0 rings (SSSR count). The Morgan fingerprint density at radius 1 is 1.40 bits per heavy atom. The number of rotatable bonds is 4. The third kappa shape index (κ3) is 8.47. The molecule has 3 heteroatoms. The van der Waals surface area contributed by atoms with Gasteiger partial charge in [0.15, 0.2) is 0 Å². The Balaban J connectivity index is 0. The molecule has 0 bridgehead atoms. The molecule has 0 aliphatic rings. The number of ether oxygens (including phenoxy) is 1. The molecule has 0 spiro atoms. The van der Waals surface area contributed by atoms with Crippen LogP contribution in [0.5, 0.6) is 0 Å². The van der Waals surface area contributed by atoms with Crippen LogP contribution >= 0.6 is 0 Å². The van der Waals surface area contributed by atoms with Gasteiger partial charge in [-0.1, -0.05) is 13.3 Å². The van der Waals surface area contributed by atoms with Gasteiger partial charge in [-0.15, -0.1) is 0 Å². The average Bonchev–Trinajstić information content (AvgIpc) is 1.85. The maximum absolute atomic E-state index is 10.6. The molecule has 0 aliphatic carbocycles. The molecule has 0 saturated heterocycles. The molecule has 0 heterocycles. The summed E-state index contributed by atoms with van der Waals surface area (Å²) in [6, 6.07) is 0. The minimum absolute atomic E-state index is 0. The summed E-state index contributed by atoms with van der Waals surface area (Å²) in [6.07, 6.45) is 2.57. The first-order chi connectivity index (χ1) is 4.31. The summed E-state index contributed by atoms with van der Waals surface area (Å²) >= 11 is 0. The van der Waals surface area contributed by atoms with Gasteiger partial charge >= 0.3 is 35.5 Å². The number of esters is 1. The standard InChI is InChI=1S/C7H14O2.Na.H/c1-3-5-6-7(8)9-4-2;;/h3-6H2,1-2H3;;. The van der Waals surface area contributed by atoms with Gasteiger partial charge in [0.25, 0.3) is 0 Å². The van der Waals surface area contributed by atoms with Gasteiger partial charge in [0, 0.05) is 6.42 Å². The molecule has 0 aliphatic heterocycles. The van der Waals surface area contributed by atoms with Crippen molar-refractivity contribution < 1.29 is 9.53 Å². The first kappa shape index (κ1) is 13.1. The fourth-order valence-corrected chi connectivity index (χ4v) is 0.554. The van der Waals surface area contributed by atoms with Crippen LogP contribution in [-0.4, -0.2) is 42.1 Å². The summed E-state index contributed by atoms with van der Waals surface area (Å²) in [5, 5.41) is 0. The Kier molecular flexibility index (Phi) is 12.4. The van der Waals surface area contributed by atoms with E-state index in [2.05, 4.69) is 6.92 Å². The number of hydrogen-bond acceptors (Lipinski definition) is 2. The van der Waals surface area contributed by atoms with E-state index < -0.39 is 0 Å². The molecule has 0 aromatic heterocycles. The van der Waals surface area contributed by atoms with E-state index in [4.69, 9.17) is 4.74 Å². The van der Waals surface area contributed by atoms with Crippen molar-refractivity contribution in [2.24, 2.45) is 0 Å². The van der Waals surface area contributed by atoms with E-state index in [-0.39, 0.29) is 35.5 Å². The van der Waals surface area contributed by atoms with Crippen LogP contribution in [0.4, 0.5) is 0 Å². The average molecular weight is 154 g/mol. The third-order valence-corrected chi connectivity index (χ3v) is 1.04. The van der Waals surface area contributed by atoms with Crippen LogP contribution < -0.4 is 0 Å². The monoisotopic (exact) mass is 154 g/mol. The molecular formula is C7H15NaO2. The Morgan fingerprint density at radius 2 is 2.00 bits per heavy atom. The molecule has 0 fully saturated rings. The van der Waals surface area contributed by atoms with Crippen molar-refractivity contribution in [3.05, 3.63) is 0 Å². The number of hydrogen-bond donors (Lipinski definition) is 0.